The summed E-state index contributed by atoms with van der Waals surface area (Å²) in [5, 5.41) is 1.03. The van der Waals surface area contributed by atoms with E-state index in [1.54, 1.807) is 12.1 Å². The van der Waals surface area contributed by atoms with Crippen molar-refractivity contribution in [2.24, 2.45) is 5.92 Å². The summed E-state index contributed by atoms with van der Waals surface area (Å²) < 4.78 is 5.87. The first-order valence-corrected chi connectivity index (χ1v) is 7.22. The molecule has 0 aliphatic carbocycles. The zero-order valence-corrected chi connectivity index (χ0v) is 12.0. The number of carbonyl (C=O) groups excluding carboxylic acids is 1. The molecule has 1 fully saturated rings. The van der Waals surface area contributed by atoms with Gasteiger partial charge in [-0.25, -0.2) is 0 Å². The number of hydrogen-bond donors (Lipinski definition) is 0. The second-order valence-corrected chi connectivity index (χ2v) is 5.42. The van der Waals surface area contributed by atoms with E-state index in [2.05, 4.69) is 31.9 Å². The third-order valence-electron chi connectivity index (χ3n) is 2.90. The van der Waals surface area contributed by atoms with Gasteiger partial charge in [0.05, 0.1) is 0 Å². The quantitative estimate of drug-likeness (QED) is 0.767. The van der Waals surface area contributed by atoms with E-state index in [-0.39, 0.29) is 5.91 Å². The highest BCUT2D eigenvalue weighted by Crippen LogP contribution is 2.22. The molecule has 0 bridgehead atoms. The molecule has 88 valence electrons. The molecule has 1 aliphatic heterocycles. The fraction of sp³-hybridized carbons (Fsp3) is 0.545. The van der Waals surface area contributed by atoms with Gasteiger partial charge >= 0.3 is 0 Å². The van der Waals surface area contributed by atoms with E-state index in [0.717, 1.165) is 31.3 Å². The maximum absolute atomic E-state index is 12.0. The Labute approximate surface area is 111 Å². The second-order valence-electron chi connectivity index (χ2n) is 3.99. The number of halogens is 2. The van der Waals surface area contributed by atoms with Crippen molar-refractivity contribution in [2.75, 3.05) is 18.4 Å². The summed E-state index contributed by atoms with van der Waals surface area (Å²) in [7, 11) is 0. The average molecular weight is 351 g/mol. The van der Waals surface area contributed by atoms with Crippen molar-refractivity contribution in [2.45, 2.75) is 12.8 Å². The number of rotatable bonds is 2. The molecule has 1 amide bonds. The largest absolute Gasteiger partial charge is 0.444 e. The van der Waals surface area contributed by atoms with E-state index in [1.165, 1.54) is 0 Å². The molecule has 0 N–H and O–H groups in total. The number of furan rings is 1. The lowest BCUT2D eigenvalue weighted by Gasteiger charge is -2.30. The van der Waals surface area contributed by atoms with E-state index < -0.39 is 0 Å². The normalized spacial score (nSPS) is 17.8. The van der Waals surface area contributed by atoms with Crippen LogP contribution in [0.15, 0.2) is 21.2 Å². The van der Waals surface area contributed by atoms with E-state index in [0.29, 0.717) is 16.3 Å². The molecule has 16 heavy (non-hydrogen) atoms. The predicted octanol–water partition coefficient (Wildman–Crippen LogP) is 3.29. The minimum absolute atomic E-state index is 0.00118. The highest BCUT2D eigenvalue weighted by atomic mass is 79.9. The summed E-state index contributed by atoms with van der Waals surface area (Å²) in [6.07, 6.45) is 2.14. The van der Waals surface area contributed by atoms with Crippen LogP contribution in [0.3, 0.4) is 0 Å². The van der Waals surface area contributed by atoms with Gasteiger partial charge in [0.15, 0.2) is 10.4 Å². The molecule has 3 nitrogen and oxygen atoms in total. The Morgan fingerprint density at radius 3 is 2.62 bits per heavy atom. The summed E-state index contributed by atoms with van der Waals surface area (Å²) in [5.74, 6) is 1.12. The standard InChI is InChI=1S/C11H13Br2NO2/c12-7-8-3-5-14(6-4-8)11(15)9-1-2-10(13)16-9/h1-2,8H,3-7H2. The number of hydrogen-bond acceptors (Lipinski definition) is 2. The number of amides is 1. The molecule has 1 aromatic rings. The number of piperidine rings is 1. The van der Waals surface area contributed by atoms with E-state index in [1.807, 2.05) is 4.90 Å². The van der Waals surface area contributed by atoms with Crippen molar-refractivity contribution in [1.82, 2.24) is 4.90 Å². The highest BCUT2D eigenvalue weighted by Gasteiger charge is 2.24. The molecule has 1 saturated heterocycles. The lowest BCUT2D eigenvalue weighted by Crippen LogP contribution is -2.38. The van der Waals surface area contributed by atoms with Gasteiger partial charge in [-0.1, -0.05) is 15.9 Å². The molecule has 2 heterocycles. The SMILES string of the molecule is O=C(c1ccc(Br)o1)N1CCC(CBr)CC1. The fourth-order valence-electron chi connectivity index (χ4n) is 1.88. The van der Waals surface area contributed by atoms with Crippen LogP contribution in [0.5, 0.6) is 0 Å². The molecule has 0 unspecified atom stereocenters. The van der Waals surface area contributed by atoms with Crippen LogP contribution in [-0.2, 0) is 0 Å². The number of nitrogens with zero attached hydrogens (tertiary/aromatic N) is 1. The van der Waals surface area contributed by atoms with Crippen molar-refractivity contribution in [1.29, 1.82) is 0 Å². The lowest BCUT2D eigenvalue weighted by molar-refractivity contribution is 0.0665. The molecule has 0 aromatic carbocycles. The van der Waals surface area contributed by atoms with Crippen LogP contribution in [-0.4, -0.2) is 29.2 Å². The van der Waals surface area contributed by atoms with Gasteiger partial charge in [-0.3, -0.25) is 4.79 Å². The molecular formula is C11H13Br2NO2. The van der Waals surface area contributed by atoms with Gasteiger partial charge in [0, 0.05) is 18.4 Å². The first-order chi connectivity index (χ1) is 7.70. The Hall–Kier alpha value is -0.290. The van der Waals surface area contributed by atoms with Gasteiger partial charge in [0.2, 0.25) is 0 Å². The fourth-order valence-corrected chi connectivity index (χ4v) is 2.83. The zero-order valence-electron chi connectivity index (χ0n) is 8.79. The Balaban J connectivity index is 1.96. The van der Waals surface area contributed by atoms with Gasteiger partial charge in [-0.2, -0.15) is 0 Å². The molecule has 5 heteroatoms. The van der Waals surface area contributed by atoms with Crippen molar-refractivity contribution in [3.63, 3.8) is 0 Å². The Morgan fingerprint density at radius 1 is 1.44 bits per heavy atom. The molecule has 1 aliphatic rings. The summed E-state index contributed by atoms with van der Waals surface area (Å²) in [5.41, 5.74) is 0. The van der Waals surface area contributed by atoms with Crippen molar-refractivity contribution >= 4 is 37.8 Å². The molecular weight excluding hydrogens is 338 g/mol. The van der Waals surface area contributed by atoms with Crippen LogP contribution in [0.4, 0.5) is 0 Å². The van der Waals surface area contributed by atoms with Crippen LogP contribution in [0.2, 0.25) is 0 Å². The molecule has 0 saturated carbocycles. The van der Waals surface area contributed by atoms with Crippen LogP contribution in [0.1, 0.15) is 23.4 Å². The summed E-state index contributed by atoms with van der Waals surface area (Å²) >= 11 is 6.69. The molecule has 0 radical (unpaired) electrons. The summed E-state index contributed by atoms with van der Waals surface area (Å²) in [6.45, 7) is 1.65. The van der Waals surface area contributed by atoms with Gasteiger partial charge in [0.25, 0.3) is 5.91 Å². The van der Waals surface area contributed by atoms with Gasteiger partial charge in [-0.15, -0.1) is 0 Å². The van der Waals surface area contributed by atoms with E-state index in [4.69, 9.17) is 4.42 Å². The number of alkyl halides is 1. The molecule has 0 atom stereocenters. The van der Waals surface area contributed by atoms with Crippen LogP contribution < -0.4 is 0 Å². The third kappa shape index (κ3) is 2.69. The maximum Gasteiger partial charge on any atom is 0.289 e. The number of carbonyl (C=O) groups is 1. The topological polar surface area (TPSA) is 33.5 Å². The molecule has 0 spiro atoms. The lowest BCUT2D eigenvalue weighted by atomic mass is 9.99. The van der Waals surface area contributed by atoms with Crippen molar-refractivity contribution in [3.05, 3.63) is 22.6 Å². The zero-order chi connectivity index (χ0) is 11.5. The Bertz CT molecular complexity index is 370. The van der Waals surface area contributed by atoms with Crippen molar-refractivity contribution in [3.8, 4) is 0 Å². The Morgan fingerprint density at radius 2 is 2.12 bits per heavy atom. The maximum atomic E-state index is 12.0. The van der Waals surface area contributed by atoms with Gasteiger partial charge < -0.3 is 9.32 Å². The Kier molecular flexibility index (Phi) is 4.08. The first kappa shape index (κ1) is 12.2. The van der Waals surface area contributed by atoms with Crippen LogP contribution in [0, 0.1) is 5.92 Å². The predicted molar refractivity (Wildman–Crippen MR) is 68.8 cm³/mol. The van der Waals surface area contributed by atoms with E-state index >= 15 is 0 Å². The highest BCUT2D eigenvalue weighted by molar-refractivity contribution is 9.10. The minimum atomic E-state index is -0.00118. The summed E-state index contributed by atoms with van der Waals surface area (Å²) in [6, 6.07) is 3.46. The van der Waals surface area contributed by atoms with Crippen LogP contribution >= 0.6 is 31.9 Å². The first-order valence-electron chi connectivity index (χ1n) is 5.31. The van der Waals surface area contributed by atoms with Crippen molar-refractivity contribution < 1.29 is 9.21 Å². The van der Waals surface area contributed by atoms with Gasteiger partial charge in [0.1, 0.15) is 0 Å². The summed E-state index contributed by atoms with van der Waals surface area (Å²) in [4.78, 5) is 13.9. The third-order valence-corrected chi connectivity index (χ3v) is 4.25. The smallest absolute Gasteiger partial charge is 0.289 e. The minimum Gasteiger partial charge on any atom is -0.444 e. The monoisotopic (exact) mass is 349 g/mol. The molecule has 1 aromatic heterocycles. The molecule has 2 rings (SSSR count). The van der Waals surface area contributed by atoms with Gasteiger partial charge in [-0.05, 0) is 46.8 Å². The second kappa shape index (κ2) is 5.36. The van der Waals surface area contributed by atoms with Crippen LogP contribution in [0.25, 0.3) is 0 Å². The number of likely N-dealkylation sites (tertiary alicyclic amines) is 1. The average Bonchev–Trinajstić information content (AvgIpc) is 2.75. The van der Waals surface area contributed by atoms with E-state index in [9.17, 15) is 4.79 Å².